The molecule has 2 N–H and O–H groups in total. The summed E-state index contributed by atoms with van der Waals surface area (Å²) in [5.74, 6) is 0.375. The summed E-state index contributed by atoms with van der Waals surface area (Å²) in [4.78, 5) is 24.8. The van der Waals surface area contributed by atoms with Gasteiger partial charge in [0.1, 0.15) is 6.33 Å². The average Bonchev–Trinajstić information content (AvgIpc) is 3.54. The number of hydrogen-bond donors (Lipinski definition) is 2. The fourth-order valence-corrected chi connectivity index (χ4v) is 4.86. The van der Waals surface area contributed by atoms with E-state index in [1.54, 1.807) is 6.33 Å². The Labute approximate surface area is 198 Å². The van der Waals surface area contributed by atoms with Crippen molar-refractivity contribution >= 4 is 29.3 Å². The topological polar surface area (TPSA) is 88.9 Å². The van der Waals surface area contributed by atoms with Crippen LogP contribution in [-0.2, 0) is 22.6 Å². The largest absolute Gasteiger partial charge is 0.351 e. The van der Waals surface area contributed by atoms with E-state index in [9.17, 15) is 9.59 Å². The first kappa shape index (κ1) is 23.0. The number of amides is 2. The third-order valence-corrected chi connectivity index (χ3v) is 6.83. The maximum absolute atomic E-state index is 12.5. The minimum absolute atomic E-state index is 0.0845. The Kier molecular flexibility index (Phi) is 7.78. The SMILES string of the molecule is CCc1ccccc1-n1cnnc1SCC(=O)NCc1cccc(NC(=O)C2CCCC2)c1. The summed E-state index contributed by atoms with van der Waals surface area (Å²) in [5, 5.41) is 14.9. The maximum Gasteiger partial charge on any atom is 0.230 e. The van der Waals surface area contributed by atoms with Crippen LogP contribution in [0.4, 0.5) is 5.69 Å². The number of thioether (sulfide) groups is 1. The lowest BCUT2D eigenvalue weighted by Gasteiger charge is -2.12. The lowest BCUT2D eigenvalue weighted by Crippen LogP contribution is -2.25. The molecule has 0 radical (unpaired) electrons. The second kappa shape index (κ2) is 11.1. The fourth-order valence-electron chi connectivity index (χ4n) is 4.11. The molecule has 4 rings (SSSR count). The second-order valence-electron chi connectivity index (χ2n) is 8.20. The van der Waals surface area contributed by atoms with Gasteiger partial charge in [-0.05, 0) is 48.6 Å². The molecule has 0 spiro atoms. The van der Waals surface area contributed by atoms with Crippen LogP contribution >= 0.6 is 11.8 Å². The molecule has 1 fully saturated rings. The molecule has 0 atom stereocenters. The Bertz CT molecular complexity index is 1110. The van der Waals surface area contributed by atoms with Gasteiger partial charge in [-0.3, -0.25) is 14.2 Å². The molecule has 2 amide bonds. The van der Waals surface area contributed by atoms with Crippen molar-refractivity contribution in [2.75, 3.05) is 11.1 Å². The Morgan fingerprint density at radius 2 is 1.94 bits per heavy atom. The fraction of sp³-hybridized carbons (Fsp3) is 0.360. The molecule has 7 nitrogen and oxygen atoms in total. The lowest BCUT2D eigenvalue weighted by atomic mass is 10.1. The lowest BCUT2D eigenvalue weighted by molar-refractivity contribution is -0.120. The van der Waals surface area contributed by atoms with Crippen LogP contribution in [0.2, 0.25) is 0 Å². The van der Waals surface area contributed by atoms with E-state index in [-0.39, 0.29) is 23.5 Å². The predicted octanol–water partition coefficient (Wildman–Crippen LogP) is 4.37. The first-order valence-corrected chi connectivity index (χ1v) is 12.4. The van der Waals surface area contributed by atoms with E-state index in [1.165, 1.54) is 17.3 Å². The number of para-hydroxylation sites is 1. The highest BCUT2D eigenvalue weighted by atomic mass is 32.2. The summed E-state index contributed by atoms with van der Waals surface area (Å²) < 4.78 is 1.92. The van der Waals surface area contributed by atoms with E-state index in [0.717, 1.165) is 49.0 Å². The number of rotatable bonds is 9. The highest BCUT2D eigenvalue weighted by molar-refractivity contribution is 7.99. The summed E-state index contributed by atoms with van der Waals surface area (Å²) in [5.41, 5.74) is 3.95. The number of aromatic nitrogens is 3. The average molecular weight is 464 g/mol. The van der Waals surface area contributed by atoms with Crippen LogP contribution in [0, 0.1) is 5.92 Å². The van der Waals surface area contributed by atoms with Crippen molar-refractivity contribution in [3.63, 3.8) is 0 Å². The van der Waals surface area contributed by atoms with Gasteiger partial charge < -0.3 is 10.6 Å². The van der Waals surface area contributed by atoms with Crippen LogP contribution in [-0.4, -0.2) is 32.3 Å². The molecule has 33 heavy (non-hydrogen) atoms. The van der Waals surface area contributed by atoms with Gasteiger partial charge in [-0.1, -0.05) is 61.9 Å². The molecule has 1 saturated carbocycles. The van der Waals surface area contributed by atoms with Crippen molar-refractivity contribution in [1.82, 2.24) is 20.1 Å². The minimum Gasteiger partial charge on any atom is -0.351 e. The van der Waals surface area contributed by atoms with Crippen LogP contribution < -0.4 is 10.6 Å². The third-order valence-electron chi connectivity index (χ3n) is 5.89. The van der Waals surface area contributed by atoms with Gasteiger partial charge in [0.2, 0.25) is 11.8 Å². The van der Waals surface area contributed by atoms with E-state index in [2.05, 4.69) is 33.8 Å². The molecule has 1 aliphatic rings. The van der Waals surface area contributed by atoms with Gasteiger partial charge in [-0.2, -0.15) is 0 Å². The maximum atomic E-state index is 12.5. The first-order chi connectivity index (χ1) is 16.1. The van der Waals surface area contributed by atoms with Crippen LogP contribution in [0.15, 0.2) is 60.0 Å². The smallest absolute Gasteiger partial charge is 0.230 e. The molecular weight excluding hydrogens is 434 g/mol. The molecule has 2 aromatic carbocycles. The number of benzene rings is 2. The minimum atomic E-state index is -0.0845. The molecule has 0 saturated heterocycles. The van der Waals surface area contributed by atoms with Gasteiger partial charge >= 0.3 is 0 Å². The number of nitrogens with zero attached hydrogens (tertiary/aromatic N) is 3. The molecule has 0 aliphatic heterocycles. The monoisotopic (exact) mass is 463 g/mol. The van der Waals surface area contributed by atoms with Crippen molar-refractivity contribution in [2.24, 2.45) is 5.92 Å². The van der Waals surface area contributed by atoms with Gasteiger partial charge in [0, 0.05) is 18.2 Å². The van der Waals surface area contributed by atoms with E-state index in [0.29, 0.717) is 11.7 Å². The van der Waals surface area contributed by atoms with Gasteiger partial charge in [-0.15, -0.1) is 10.2 Å². The standard InChI is InChI=1S/C25H29N5O2S/c1-2-19-9-5-6-13-22(19)30-17-27-29-25(30)33-16-23(31)26-15-18-8-7-12-21(14-18)28-24(32)20-10-3-4-11-20/h5-9,12-14,17,20H,2-4,10-11,15-16H2,1H3,(H,26,31)(H,28,32). The van der Waals surface area contributed by atoms with E-state index < -0.39 is 0 Å². The molecule has 0 unspecified atom stereocenters. The summed E-state index contributed by atoms with van der Waals surface area (Å²) in [6.07, 6.45) is 6.78. The molecule has 1 aromatic heterocycles. The predicted molar refractivity (Wildman–Crippen MR) is 130 cm³/mol. The molecule has 3 aromatic rings. The zero-order chi connectivity index (χ0) is 23.0. The van der Waals surface area contributed by atoms with Crippen molar-refractivity contribution in [3.05, 3.63) is 66.0 Å². The van der Waals surface area contributed by atoms with Crippen molar-refractivity contribution in [3.8, 4) is 5.69 Å². The Morgan fingerprint density at radius 1 is 1.12 bits per heavy atom. The zero-order valence-electron chi connectivity index (χ0n) is 18.8. The molecule has 0 bridgehead atoms. The van der Waals surface area contributed by atoms with Gasteiger partial charge in [-0.25, -0.2) is 0 Å². The molecule has 1 heterocycles. The molecule has 172 valence electrons. The molecule has 8 heteroatoms. The highest BCUT2D eigenvalue weighted by Gasteiger charge is 2.22. The number of aryl methyl sites for hydroxylation is 1. The van der Waals surface area contributed by atoms with Crippen molar-refractivity contribution < 1.29 is 9.59 Å². The van der Waals surface area contributed by atoms with Crippen molar-refractivity contribution in [2.45, 2.75) is 50.7 Å². The Balaban J connectivity index is 1.29. The second-order valence-corrected chi connectivity index (χ2v) is 9.14. The number of nitrogens with one attached hydrogen (secondary N) is 2. The molecule has 1 aliphatic carbocycles. The summed E-state index contributed by atoms with van der Waals surface area (Å²) in [6, 6.07) is 15.8. The Morgan fingerprint density at radius 3 is 2.76 bits per heavy atom. The van der Waals surface area contributed by atoms with Crippen LogP contribution in [0.3, 0.4) is 0 Å². The van der Waals surface area contributed by atoms with Gasteiger partial charge in [0.25, 0.3) is 0 Å². The quantitative estimate of drug-likeness (QED) is 0.460. The summed E-state index contributed by atoms with van der Waals surface area (Å²) in [7, 11) is 0. The number of hydrogen-bond acceptors (Lipinski definition) is 5. The van der Waals surface area contributed by atoms with Gasteiger partial charge in [0.15, 0.2) is 5.16 Å². The van der Waals surface area contributed by atoms with Crippen LogP contribution in [0.5, 0.6) is 0 Å². The number of anilines is 1. The van der Waals surface area contributed by atoms with E-state index in [4.69, 9.17) is 0 Å². The normalized spacial score (nSPS) is 13.7. The van der Waals surface area contributed by atoms with Crippen LogP contribution in [0.1, 0.15) is 43.7 Å². The Hall–Kier alpha value is -3.13. The summed E-state index contributed by atoms with van der Waals surface area (Å²) in [6.45, 7) is 2.51. The molecular formula is C25H29N5O2S. The zero-order valence-corrected chi connectivity index (χ0v) is 19.6. The number of carbonyl (C=O) groups excluding carboxylic acids is 2. The van der Waals surface area contributed by atoms with Gasteiger partial charge in [0.05, 0.1) is 11.4 Å². The number of carbonyl (C=O) groups is 2. The highest BCUT2D eigenvalue weighted by Crippen LogP contribution is 2.26. The first-order valence-electron chi connectivity index (χ1n) is 11.4. The van der Waals surface area contributed by atoms with Crippen molar-refractivity contribution in [1.29, 1.82) is 0 Å². The third kappa shape index (κ3) is 6.01. The van der Waals surface area contributed by atoms with E-state index >= 15 is 0 Å². The van der Waals surface area contributed by atoms with Crippen LogP contribution in [0.25, 0.3) is 5.69 Å². The summed E-state index contributed by atoms with van der Waals surface area (Å²) >= 11 is 1.36. The van der Waals surface area contributed by atoms with E-state index in [1.807, 2.05) is 47.0 Å².